The Labute approximate surface area is 55.7 Å². The number of aliphatic hydroxyl groups excluding tert-OH is 1. The van der Waals surface area contributed by atoms with Gasteiger partial charge in [-0.15, -0.1) is 0 Å². The number of aliphatic hydroxyl groups is 1. The highest BCUT2D eigenvalue weighted by Gasteiger charge is 2.06. The summed E-state index contributed by atoms with van der Waals surface area (Å²) < 4.78 is 0. The lowest BCUT2D eigenvalue weighted by Gasteiger charge is -2.08. The molecular weight excluding hydrogens is 120 g/mol. The molecule has 8 heavy (non-hydrogen) atoms. The molecule has 2 heteroatoms. The molecule has 0 aromatic heterocycles. The predicted molar refractivity (Wildman–Crippen MR) is 39.1 cm³/mol. The fraction of sp³-hybridized carbons (Fsp3) is 0.833. The molecule has 0 aliphatic rings. The topological polar surface area (TPSA) is 20.2 Å². The molecule has 1 unspecified atom stereocenters. The van der Waals surface area contributed by atoms with Crippen LogP contribution in [-0.4, -0.2) is 16.1 Å². The van der Waals surface area contributed by atoms with Gasteiger partial charge in [0.25, 0.3) is 0 Å². The first-order valence-corrected chi connectivity index (χ1v) is 3.18. The molecule has 0 bridgehead atoms. The van der Waals surface area contributed by atoms with Crippen molar-refractivity contribution in [1.29, 1.82) is 0 Å². The van der Waals surface area contributed by atoms with E-state index in [1.165, 1.54) is 0 Å². The third-order valence-corrected chi connectivity index (χ3v) is 1.79. The van der Waals surface area contributed by atoms with Gasteiger partial charge in [0.15, 0.2) is 0 Å². The van der Waals surface area contributed by atoms with Gasteiger partial charge in [0, 0.05) is 4.86 Å². The molecule has 0 spiro atoms. The molecule has 0 radical (unpaired) electrons. The highest BCUT2D eigenvalue weighted by molar-refractivity contribution is 7.80. The maximum atomic E-state index is 8.85. The van der Waals surface area contributed by atoms with Gasteiger partial charge in [-0.2, -0.15) is 0 Å². The summed E-state index contributed by atoms with van der Waals surface area (Å²) in [6.07, 6.45) is -0.426. The average molecular weight is 132 g/mol. The molecule has 0 aromatic carbocycles. The molecule has 0 aliphatic carbocycles. The number of rotatable bonds is 2. The first kappa shape index (κ1) is 8.05. The van der Waals surface area contributed by atoms with Crippen LogP contribution in [-0.2, 0) is 0 Å². The molecule has 0 fully saturated rings. The standard InChI is InChI=1S/C6H12OS/c1-4(2)6(8)5(3)7/h4-5,7H,1-3H3. The second kappa shape index (κ2) is 3.15. The maximum Gasteiger partial charge on any atom is 0.0826 e. The van der Waals surface area contributed by atoms with Gasteiger partial charge in [-0.05, 0) is 12.8 Å². The molecular formula is C6H12OS. The minimum atomic E-state index is -0.426. The predicted octanol–water partition coefficient (Wildman–Crippen LogP) is 1.39. The fourth-order valence-corrected chi connectivity index (χ4v) is 0.482. The van der Waals surface area contributed by atoms with Crippen LogP contribution in [0.25, 0.3) is 0 Å². The van der Waals surface area contributed by atoms with E-state index >= 15 is 0 Å². The van der Waals surface area contributed by atoms with Crippen molar-refractivity contribution in [3.05, 3.63) is 0 Å². The highest BCUT2D eigenvalue weighted by Crippen LogP contribution is 2.00. The fourth-order valence-electron chi connectivity index (χ4n) is 0.482. The molecule has 1 nitrogen and oxygen atoms in total. The third-order valence-electron chi connectivity index (χ3n) is 0.981. The van der Waals surface area contributed by atoms with E-state index < -0.39 is 6.10 Å². The van der Waals surface area contributed by atoms with Crippen molar-refractivity contribution in [3.63, 3.8) is 0 Å². The van der Waals surface area contributed by atoms with Gasteiger partial charge in [0.05, 0.1) is 6.10 Å². The summed E-state index contributed by atoms with van der Waals surface area (Å²) in [5.41, 5.74) is 0. The SMILES string of the molecule is CC(C)C(=S)C(C)O. The Balaban J connectivity index is 3.65. The Hall–Kier alpha value is 0.0500. The molecule has 0 aliphatic heterocycles. The van der Waals surface area contributed by atoms with Crippen LogP contribution >= 0.6 is 12.2 Å². The minimum absolute atomic E-state index is 0.324. The van der Waals surface area contributed by atoms with Crippen molar-refractivity contribution in [1.82, 2.24) is 0 Å². The van der Waals surface area contributed by atoms with Gasteiger partial charge in [0.1, 0.15) is 0 Å². The Bertz CT molecular complexity index is 76.5. The lowest BCUT2D eigenvalue weighted by molar-refractivity contribution is 0.259. The van der Waals surface area contributed by atoms with E-state index in [1.54, 1.807) is 6.92 Å². The zero-order chi connectivity index (χ0) is 6.73. The summed E-state index contributed by atoms with van der Waals surface area (Å²) in [5, 5.41) is 8.85. The second-order valence-electron chi connectivity index (χ2n) is 2.23. The van der Waals surface area contributed by atoms with Crippen LogP contribution in [0.15, 0.2) is 0 Å². The summed E-state index contributed by atoms with van der Waals surface area (Å²) in [6.45, 7) is 5.66. The minimum Gasteiger partial charge on any atom is -0.388 e. The Kier molecular flexibility index (Phi) is 3.17. The summed E-state index contributed by atoms with van der Waals surface area (Å²) >= 11 is 4.85. The molecule has 1 atom stereocenters. The van der Waals surface area contributed by atoms with E-state index in [4.69, 9.17) is 17.3 Å². The third kappa shape index (κ3) is 2.38. The Morgan fingerprint density at radius 2 is 1.75 bits per heavy atom. The zero-order valence-corrected chi connectivity index (χ0v) is 6.33. The number of hydrogen-bond donors (Lipinski definition) is 1. The first-order valence-electron chi connectivity index (χ1n) is 2.77. The van der Waals surface area contributed by atoms with E-state index in [9.17, 15) is 0 Å². The van der Waals surface area contributed by atoms with Gasteiger partial charge in [-0.3, -0.25) is 0 Å². The molecule has 0 aromatic rings. The Morgan fingerprint density at radius 3 is 1.75 bits per heavy atom. The van der Waals surface area contributed by atoms with Crippen molar-refractivity contribution in [2.24, 2.45) is 5.92 Å². The summed E-state index contributed by atoms with van der Waals surface area (Å²) in [4.78, 5) is 0.741. The van der Waals surface area contributed by atoms with Crippen molar-refractivity contribution >= 4 is 17.1 Å². The van der Waals surface area contributed by atoms with Crippen LogP contribution in [0.5, 0.6) is 0 Å². The van der Waals surface area contributed by atoms with Crippen LogP contribution in [0.4, 0.5) is 0 Å². The summed E-state index contributed by atoms with van der Waals surface area (Å²) in [5.74, 6) is 0.324. The molecule has 48 valence electrons. The van der Waals surface area contributed by atoms with Crippen molar-refractivity contribution in [2.45, 2.75) is 26.9 Å². The normalized spacial score (nSPS) is 14.1. The van der Waals surface area contributed by atoms with Crippen molar-refractivity contribution in [3.8, 4) is 0 Å². The maximum absolute atomic E-state index is 8.85. The van der Waals surface area contributed by atoms with Crippen LogP contribution in [0.1, 0.15) is 20.8 Å². The molecule has 0 saturated carbocycles. The lowest BCUT2D eigenvalue weighted by Crippen LogP contribution is -2.18. The highest BCUT2D eigenvalue weighted by atomic mass is 32.1. The van der Waals surface area contributed by atoms with E-state index in [0.29, 0.717) is 5.92 Å². The lowest BCUT2D eigenvalue weighted by atomic mass is 10.1. The quantitative estimate of drug-likeness (QED) is 0.573. The van der Waals surface area contributed by atoms with Crippen molar-refractivity contribution in [2.75, 3.05) is 0 Å². The number of thiocarbonyl (C=S) groups is 1. The largest absolute Gasteiger partial charge is 0.388 e. The monoisotopic (exact) mass is 132 g/mol. The van der Waals surface area contributed by atoms with Crippen LogP contribution in [0.3, 0.4) is 0 Å². The summed E-state index contributed by atoms with van der Waals surface area (Å²) in [6, 6.07) is 0. The average Bonchev–Trinajstić information content (AvgIpc) is 1.64. The smallest absolute Gasteiger partial charge is 0.0826 e. The van der Waals surface area contributed by atoms with Gasteiger partial charge < -0.3 is 5.11 Å². The van der Waals surface area contributed by atoms with E-state index in [0.717, 1.165) is 4.86 Å². The van der Waals surface area contributed by atoms with Crippen LogP contribution in [0, 0.1) is 5.92 Å². The molecule has 0 heterocycles. The summed E-state index contributed by atoms with van der Waals surface area (Å²) in [7, 11) is 0. The van der Waals surface area contributed by atoms with Gasteiger partial charge >= 0.3 is 0 Å². The number of hydrogen-bond acceptors (Lipinski definition) is 2. The van der Waals surface area contributed by atoms with Crippen LogP contribution in [0.2, 0.25) is 0 Å². The zero-order valence-electron chi connectivity index (χ0n) is 5.51. The van der Waals surface area contributed by atoms with Gasteiger partial charge in [-0.1, -0.05) is 26.1 Å². The van der Waals surface area contributed by atoms with E-state index in [-0.39, 0.29) is 0 Å². The van der Waals surface area contributed by atoms with Gasteiger partial charge in [0.2, 0.25) is 0 Å². The van der Waals surface area contributed by atoms with E-state index in [1.807, 2.05) is 13.8 Å². The van der Waals surface area contributed by atoms with Crippen LogP contribution < -0.4 is 0 Å². The molecule has 0 saturated heterocycles. The van der Waals surface area contributed by atoms with Crippen molar-refractivity contribution < 1.29 is 5.11 Å². The van der Waals surface area contributed by atoms with E-state index in [2.05, 4.69) is 0 Å². The molecule has 0 amide bonds. The second-order valence-corrected chi connectivity index (χ2v) is 2.70. The molecule has 0 rings (SSSR count). The molecule has 1 N–H and O–H groups in total. The first-order chi connectivity index (χ1) is 3.55. The Morgan fingerprint density at radius 1 is 1.38 bits per heavy atom. The van der Waals surface area contributed by atoms with Gasteiger partial charge in [-0.25, -0.2) is 0 Å².